The maximum Gasteiger partial charge on any atom is 0.319 e. The molecule has 0 atom stereocenters. The first kappa shape index (κ1) is 13.4. The van der Waals surface area contributed by atoms with Crippen LogP contribution in [0.5, 0.6) is 0 Å². The number of urea groups is 1. The van der Waals surface area contributed by atoms with E-state index in [2.05, 4.69) is 29.4 Å². The van der Waals surface area contributed by atoms with Crippen LogP contribution in [0.15, 0.2) is 24.3 Å². The van der Waals surface area contributed by atoms with Gasteiger partial charge in [0.05, 0.1) is 0 Å². The van der Waals surface area contributed by atoms with Gasteiger partial charge in [-0.1, -0.05) is 0 Å². The van der Waals surface area contributed by atoms with Gasteiger partial charge in [-0.25, -0.2) is 4.79 Å². The minimum Gasteiger partial charge on any atom is -0.372 e. The third-order valence-corrected chi connectivity index (χ3v) is 2.59. The molecule has 0 heterocycles. The van der Waals surface area contributed by atoms with Crippen molar-refractivity contribution in [3.05, 3.63) is 24.3 Å². The topological polar surface area (TPSA) is 44.4 Å². The predicted octanol–water partition coefficient (Wildman–Crippen LogP) is 2.67. The lowest BCUT2D eigenvalue weighted by Gasteiger charge is -2.21. The largest absolute Gasteiger partial charge is 0.372 e. The number of hydrogen-bond donors (Lipinski definition) is 2. The Kier molecular flexibility index (Phi) is 5.33. The fourth-order valence-electron chi connectivity index (χ4n) is 1.68. The molecule has 0 aliphatic carbocycles. The highest BCUT2D eigenvalue weighted by Gasteiger charge is 2.03. The number of rotatable bonds is 5. The van der Waals surface area contributed by atoms with Crippen molar-refractivity contribution in [1.82, 2.24) is 5.32 Å². The lowest BCUT2D eigenvalue weighted by Crippen LogP contribution is -2.28. The molecular weight excluding hydrogens is 214 g/mol. The molecule has 4 heteroatoms. The lowest BCUT2D eigenvalue weighted by atomic mass is 10.2. The molecule has 0 spiro atoms. The Morgan fingerprint density at radius 1 is 1.12 bits per heavy atom. The fraction of sp³-hybridized carbons (Fsp3) is 0.462. The van der Waals surface area contributed by atoms with Crippen molar-refractivity contribution in [3.8, 4) is 0 Å². The van der Waals surface area contributed by atoms with E-state index >= 15 is 0 Å². The average molecular weight is 235 g/mol. The zero-order chi connectivity index (χ0) is 12.7. The van der Waals surface area contributed by atoms with Gasteiger partial charge >= 0.3 is 6.03 Å². The standard InChI is InChI=1S/C13H21N3O/c1-4-14-13(17)15-11-7-9-12(10-8-11)16(5-2)6-3/h7-10H,4-6H2,1-3H3,(H2,14,15,17). The van der Waals surface area contributed by atoms with Crippen LogP contribution >= 0.6 is 0 Å². The summed E-state index contributed by atoms with van der Waals surface area (Å²) in [6.07, 6.45) is 0. The number of carbonyl (C=O) groups excluding carboxylic acids is 1. The number of nitrogens with zero attached hydrogens (tertiary/aromatic N) is 1. The van der Waals surface area contributed by atoms with Gasteiger partial charge < -0.3 is 15.5 Å². The van der Waals surface area contributed by atoms with E-state index in [1.54, 1.807) is 0 Å². The van der Waals surface area contributed by atoms with Crippen LogP contribution in [-0.4, -0.2) is 25.7 Å². The van der Waals surface area contributed by atoms with Crippen LogP contribution in [0.4, 0.5) is 16.2 Å². The van der Waals surface area contributed by atoms with E-state index in [0.717, 1.165) is 18.8 Å². The van der Waals surface area contributed by atoms with Gasteiger partial charge in [-0.3, -0.25) is 0 Å². The van der Waals surface area contributed by atoms with Crippen molar-refractivity contribution in [2.75, 3.05) is 29.9 Å². The van der Waals surface area contributed by atoms with Crippen molar-refractivity contribution in [3.63, 3.8) is 0 Å². The molecule has 2 N–H and O–H groups in total. The van der Waals surface area contributed by atoms with Crippen LogP contribution in [0.1, 0.15) is 20.8 Å². The Bertz CT molecular complexity index is 344. The molecule has 0 unspecified atom stereocenters. The molecule has 1 aromatic carbocycles. The predicted molar refractivity (Wildman–Crippen MR) is 72.7 cm³/mol. The third kappa shape index (κ3) is 3.98. The number of anilines is 2. The quantitative estimate of drug-likeness (QED) is 0.824. The minimum absolute atomic E-state index is 0.164. The Morgan fingerprint density at radius 3 is 2.18 bits per heavy atom. The van der Waals surface area contributed by atoms with Crippen LogP contribution in [0.25, 0.3) is 0 Å². The number of benzene rings is 1. The Morgan fingerprint density at radius 2 is 1.71 bits per heavy atom. The third-order valence-electron chi connectivity index (χ3n) is 2.59. The Hall–Kier alpha value is -1.71. The fourth-order valence-corrected chi connectivity index (χ4v) is 1.68. The van der Waals surface area contributed by atoms with Crippen molar-refractivity contribution in [1.29, 1.82) is 0 Å². The zero-order valence-electron chi connectivity index (χ0n) is 10.8. The van der Waals surface area contributed by atoms with Crippen LogP contribution in [-0.2, 0) is 0 Å². The maximum absolute atomic E-state index is 11.3. The van der Waals surface area contributed by atoms with Gasteiger partial charge in [0, 0.05) is 31.0 Å². The molecule has 0 aromatic heterocycles. The van der Waals surface area contributed by atoms with Gasteiger partial charge in [0.15, 0.2) is 0 Å². The SMILES string of the molecule is CCNC(=O)Nc1ccc(N(CC)CC)cc1. The molecule has 4 nitrogen and oxygen atoms in total. The second-order valence-electron chi connectivity index (χ2n) is 3.70. The molecule has 0 saturated carbocycles. The Labute approximate surface area is 103 Å². The highest BCUT2D eigenvalue weighted by molar-refractivity contribution is 5.89. The van der Waals surface area contributed by atoms with Gasteiger partial charge in [-0.05, 0) is 45.0 Å². The van der Waals surface area contributed by atoms with Gasteiger partial charge in [-0.2, -0.15) is 0 Å². The van der Waals surface area contributed by atoms with Gasteiger partial charge in [0.1, 0.15) is 0 Å². The highest BCUT2D eigenvalue weighted by Crippen LogP contribution is 2.17. The summed E-state index contributed by atoms with van der Waals surface area (Å²) >= 11 is 0. The summed E-state index contributed by atoms with van der Waals surface area (Å²) < 4.78 is 0. The van der Waals surface area contributed by atoms with Crippen molar-refractivity contribution in [2.24, 2.45) is 0 Å². The number of hydrogen-bond acceptors (Lipinski definition) is 2. The Balaban J connectivity index is 2.64. The van der Waals surface area contributed by atoms with E-state index in [1.807, 2.05) is 31.2 Å². The summed E-state index contributed by atoms with van der Waals surface area (Å²) in [5.74, 6) is 0. The molecule has 0 radical (unpaired) electrons. The smallest absolute Gasteiger partial charge is 0.319 e. The zero-order valence-corrected chi connectivity index (χ0v) is 10.8. The van der Waals surface area contributed by atoms with Gasteiger partial charge in [0.25, 0.3) is 0 Å². The highest BCUT2D eigenvalue weighted by atomic mass is 16.2. The number of nitrogens with one attached hydrogen (secondary N) is 2. The molecular formula is C13H21N3O. The first-order chi connectivity index (χ1) is 8.21. The van der Waals surface area contributed by atoms with Crippen LogP contribution in [0.2, 0.25) is 0 Å². The summed E-state index contributed by atoms with van der Waals surface area (Å²) in [6, 6.07) is 7.72. The number of amides is 2. The summed E-state index contributed by atoms with van der Waals surface area (Å²) in [5.41, 5.74) is 1.99. The summed E-state index contributed by atoms with van der Waals surface area (Å²) in [6.45, 7) is 8.75. The molecule has 1 rings (SSSR count). The molecule has 0 saturated heterocycles. The monoisotopic (exact) mass is 235 g/mol. The summed E-state index contributed by atoms with van der Waals surface area (Å²) in [7, 11) is 0. The minimum atomic E-state index is -0.164. The molecule has 1 aromatic rings. The first-order valence-corrected chi connectivity index (χ1v) is 6.11. The van der Waals surface area contributed by atoms with E-state index in [9.17, 15) is 4.79 Å². The van der Waals surface area contributed by atoms with Gasteiger partial charge in [0.2, 0.25) is 0 Å². The molecule has 0 aliphatic heterocycles. The van der Waals surface area contributed by atoms with Gasteiger partial charge in [-0.15, -0.1) is 0 Å². The van der Waals surface area contributed by atoms with Crippen LogP contribution < -0.4 is 15.5 Å². The molecule has 0 aliphatic rings. The van der Waals surface area contributed by atoms with Crippen LogP contribution in [0, 0.1) is 0 Å². The summed E-state index contributed by atoms with van der Waals surface area (Å²) in [5, 5.41) is 5.47. The second-order valence-corrected chi connectivity index (χ2v) is 3.70. The van der Waals surface area contributed by atoms with Crippen molar-refractivity contribution < 1.29 is 4.79 Å². The molecule has 0 fully saturated rings. The molecule has 0 bridgehead atoms. The normalized spacial score (nSPS) is 9.82. The maximum atomic E-state index is 11.3. The average Bonchev–Trinajstić information content (AvgIpc) is 2.33. The van der Waals surface area contributed by atoms with Crippen molar-refractivity contribution >= 4 is 17.4 Å². The molecule has 17 heavy (non-hydrogen) atoms. The first-order valence-electron chi connectivity index (χ1n) is 6.11. The molecule has 2 amide bonds. The number of carbonyl (C=O) groups is 1. The van der Waals surface area contributed by atoms with Crippen molar-refractivity contribution in [2.45, 2.75) is 20.8 Å². The van der Waals surface area contributed by atoms with E-state index in [4.69, 9.17) is 0 Å². The van der Waals surface area contributed by atoms with E-state index in [-0.39, 0.29) is 6.03 Å². The van der Waals surface area contributed by atoms with E-state index < -0.39 is 0 Å². The molecule has 94 valence electrons. The van der Waals surface area contributed by atoms with E-state index in [0.29, 0.717) is 6.54 Å². The summed E-state index contributed by atoms with van der Waals surface area (Å²) in [4.78, 5) is 13.6. The van der Waals surface area contributed by atoms with Crippen LogP contribution in [0.3, 0.4) is 0 Å². The second kappa shape index (κ2) is 6.78. The van der Waals surface area contributed by atoms with E-state index in [1.165, 1.54) is 5.69 Å². The lowest BCUT2D eigenvalue weighted by molar-refractivity contribution is 0.252.